The minimum atomic E-state index is -2.95. The van der Waals surface area contributed by atoms with Crippen LogP contribution in [0.3, 0.4) is 0 Å². The number of ether oxygens (including phenoxy) is 2. The molecule has 9 heteroatoms. The van der Waals surface area contributed by atoms with Crippen LogP contribution in [0.2, 0.25) is 0 Å². The van der Waals surface area contributed by atoms with Crippen molar-refractivity contribution in [3.05, 3.63) is 24.1 Å². The number of hydrogen-bond donors (Lipinski definition) is 0. The number of morpholine rings is 1. The van der Waals surface area contributed by atoms with Crippen LogP contribution in [0.4, 0.5) is 5.82 Å². The Labute approximate surface area is 189 Å². The van der Waals surface area contributed by atoms with Crippen molar-refractivity contribution in [2.45, 2.75) is 45.3 Å². The minimum absolute atomic E-state index is 0.0933. The molecule has 1 saturated heterocycles. The molecule has 2 aliphatic rings. The van der Waals surface area contributed by atoms with Gasteiger partial charge in [0.25, 0.3) is 0 Å². The Kier molecular flexibility index (Phi) is 6.76. The van der Waals surface area contributed by atoms with Crippen LogP contribution in [0.1, 0.15) is 38.9 Å². The van der Waals surface area contributed by atoms with Crippen molar-refractivity contribution in [2.24, 2.45) is 16.8 Å². The van der Waals surface area contributed by atoms with Gasteiger partial charge in [-0.05, 0) is 44.2 Å². The number of pyridine rings is 1. The van der Waals surface area contributed by atoms with Gasteiger partial charge in [0.15, 0.2) is 6.40 Å². The lowest BCUT2D eigenvalue weighted by Gasteiger charge is -2.32. The number of anilines is 1. The fraction of sp³-hybridized carbons (Fsp3) is 0.652. The predicted octanol–water partition coefficient (Wildman–Crippen LogP) is 3.27. The fourth-order valence-corrected chi connectivity index (χ4v) is 5.42. The normalized spacial score (nSPS) is 27.2. The summed E-state index contributed by atoms with van der Waals surface area (Å²) in [6, 6.07) is 4.17. The Morgan fingerprint density at radius 2 is 2.22 bits per heavy atom. The summed E-state index contributed by atoms with van der Waals surface area (Å²) in [4.78, 5) is 11.4. The monoisotopic (exact) mass is 463 g/mol. The van der Waals surface area contributed by atoms with Gasteiger partial charge in [-0.25, -0.2) is 13.4 Å². The van der Waals surface area contributed by atoms with E-state index < -0.39 is 9.84 Å². The van der Waals surface area contributed by atoms with E-state index in [9.17, 15) is 8.42 Å². The Morgan fingerprint density at radius 1 is 1.41 bits per heavy atom. The Hall–Kier alpha value is -2.13. The van der Waals surface area contributed by atoms with Gasteiger partial charge in [0.2, 0.25) is 0 Å². The molecule has 2 fully saturated rings. The number of fused-ring (bicyclic) bond motifs is 1. The van der Waals surface area contributed by atoms with Crippen LogP contribution in [0, 0.1) is 11.8 Å². The summed E-state index contributed by atoms with van der Waals surface area (Å²) in [5, 5.41) is 1.06. The molecule has 32 heavy (non-hydrogen) atoms. The van der Waals surface area contributed by atoms with E-state index >= 15 is 0 Å². The molecule has 0 radical (unpaired) electrons. The van der Waals surface area contributed by atoms with Crippen molar-refractivity contribution in [1.82, 2.24) is 4.98 Å². The average Bonchev–Trinajstić information content (AvgIpc) is 3.21. The van der Waals surface area contributed by atoms with E-state index in [-0.39, 0.29) is 17.9 Å². The van der Waals surface area contributed by atoms with Crippen molar-refractivity contribution in [3.63, 3.8) is 0 Å². The molecule has 4 rings (SSSR count). The summed E-state index contributed by atoms with van der Waals surface area (Å²) in [6.45, 7) is 9.11. The number of aliphatic imine (C=N–C) groups is 1. The SMILES string of the molecule is CC1CN(c2nccc3oc(C4C(C)C4C(C)N=COCCCS(C)(=O)=O)cc23)CCO1. The summed E-state index contributed by atoms with van der Waals surface area (Å²) in [5.41, 5.74) is 0.868. The predicted molar refractivity (Wildman–Crippen MR) is 125 cm³/mol. The van der Waals surface area contributed by atoms with Gasteiger partial charge < -0.3 is 18.8 Å². The van der Waals surface area contributed by atoms with Crippen LogP contribution in [-0.2, 0) is 19.3 Å². The van der Waals surface area contributed by atoms with Crippen LogP contribution >= 0.6 is 0 Å². The molecule has 0 bridgehead atoms. The zero-order valence-electron chi connectivity index (χ0n) is 19.2. The van der Waals surface area contributed by atoms with Crippen molar-refractivity contribution in [3.8, 4) is 0 Å². The molecule has 176 valence electrons. The number of aromatic nitrogens is 1. The molecule has 0 N–H and O–H groups in total. The van der Waals surface area contributed by atoms with E-state index in [1.165, 1.54) is 12.7 Å². The molecule has 3 heterocycles. The topological polar surface area (TPSA) is 94.2 Å². The lowest BCUT2D eigenvalue weighted by Crippen LogP contribution is -2.41. The smallest absolute Gasteiger partial charge is 0.169 e. The second-order valence-corrected chi connectivity index (χ2v) is 11.4. The third-order valence-corrected chi connectivity index (χ3v) is 7.50. The molecule has 5 atom stereocenters. The third-order valence-electron chi connectivity index (χ3n) is 6.46. The summed E-state index contributed by atoms with van der Waals surface area (Å²) >= 11 is 0. The lowest BCUT2D eigenvalue weighted by atomic mass is 10.1. The van der Waals surface area contributed by atoms with E-state index in [0.717, 1.165) is 35.6 Å². The standard InChI is InChI=1S/C23H33N3O5S/c1-15-13-26(8-10-30-15)23-18-12-20(31-19(18)6-7-24-23)22-16(2)21(22)17(3)25-14-29-9-5-11-32(4,27)28/h6-7,12,14-17,21-22H,5,8-11,13H2,1-4H3. The summed E-state index contributed by atoms with van der Waals surface area (Å²) in [5.74, 6) is 3.25. The second-order valence-electron chi connectivity index (χ2n) is 9.13. The van der Waals surface area contributed by atoms with Gasteiger partial charge in [0.05, 0.1) is 36.5 Å². The Bertz CT molecular complexity index is 1070. The summed E-state index contributed by atoms with van der Waals surface area (Å²) in [6.07, 6.45) is 5.17. The lowest BCUT2D eigenvalue weighted by molar-refractivity contribution is 0.0530. The fourth-order valence-electron chi connectivity index (χ4n) is 4.77. The third kappa shape index (κ3) is 5.26. The Morgan fingerprint density at radius 3 is 2.97 bits per heavy atom. The van der Waals surface area contributed by atoms with Gasteiger partial charge in [-0.2, -0.15) is 0 Å². The largest absolute Gasteiger partial charge is 0.483 e. The second kappa shape index (κ2) is 9.39. The van der Waals surface area contributed by atoms with Crippen LogP contribution in [0.25, 0.3) is 11.0 Å². The minimum Gasteiger partial charge on any atom is -0.483 e. The van der Waals surface area contributed by atoms with Crippen molar-refractivity contribution in [1.29, 1.82) is 0 Å². The number of nitrogens with zero attached hydrogens (tertiary/aromatic N) is 3. The maximum absolute atomic E-state index is 11.2. The summed E-state index contributed by atoms with van der Waals surface area (Å²) < 4.78 is 39.6. The number of furan rings is 1. The highest BCUT2D eigenvalue weighted by Crippen LogP contribution is 2.57. The van der Waals surface area contributed by atoms with E-state index in [0.29, 0.717) is 37.4 Å². The molecule has 0 spiro atoms. The highest BCUT2D eigenvalue weighted by Gasteiger charge is 2.52. The zero-order chi connectivity index (χ0) is 22.9. The first kappa shape index (κ1) is 23.0. The van der Waals surface area contributed by atoms with E-state index in [1.54, 1.807) is 0 Å². The van der Waals surface area contributed by atoms with Crippen molar-refractivity contribution < 1.29 is 22.3 Å². The molecule has 1 saturated carbocycles. The molecule has 0 amide bonds. The van der Waals surface area contributed by atoms with Gasteiger partial charge in [-0.3, -0.25) is 4.99 Å². The van der Waals surface area contributed by atoms with Gasteiger partial charge >= 0.3 is 0 Å². The molecule has 2 aromatic rings. The molecule has 0 aromatic carbocycles. The van der Waals surface area contributed by atoms with E-state index in [2.05, 4.69) is 41.7 Å². The van der Waals surface area contributed by atoms with Crippen LogP contribution in [-0.4, -0.2) is 70.3 Å². The van der Waals surface area contributed by atoms with Crippen molar-refractivity contribution in [2.75, 3.05) is 43.2 Å². The highest BCUT2D eigenvalue weighted by molar-refractivity contribution is 7.90. The average molecular weight is 464 g/mol. The first-order chi connectivity index (χ1) is 15.2. The molecular weight excluding hydrogens is 430 g/mol. The van der Waals surface area contributed by atoms with Crippen LogP contribution < -0.4 is 4.90 Å². The maximum atomic E-state index is 11.2. The molecule has 5 unspecified atom stereocenters. The molecule has 8 nitrogen and oxygen atoms in total. The number of sulfone groups is 1. The number of rotatable bonds is 9. The molecular formula is C23H33N3O5S. The first-order valence-corrected chi connectivity index (χ1v) is 13.4. The number of hydrogen-bond acceptors (Lipinski definition) is 8. The molecule has 2 aromatic heterocycles. The van der Waals surface area contributed by atoms with Gasteiger partial charge in [0, 0.05) is 31.5 Å². The van der Waals surface area contributed by atoms with Crippen molar-refractivity contribution >= 4 is 33.0 Å². The maximum Gasteiger partial charge on any atom is 0.169 e. The van der Waals surface area contributed by atoms with Gasteiger partial charge in [0.1, 0.15) is 27.0 Å². The van der Waals surface area contributed by atoms with Crippen LogP contribution in [0.5, 0.6) is 0 Å². The molecule has 1 aliphatic heterocycles. The zero-order valence-corrected chi connectivity index (χ0v) is 20.0. The van der Waals surface area contributed by atoms with Crippen LogP contribution in [0.15, 0.2) is 27.7 Å². The van der Waals surface area contributed by atoms with Gasteiger partial charge in [-0.1, -0.05) is 6.92 Å². The summed E-state index contributed by atoms with van der Waals surface area (Å²) in [7, 11) is -2.95. The van der Waals surface area contributed by atoms with E-state index in [1.807, 2.05) is 12.3 Å². The highest BCUT2D eigenvalue weighted by atomic mass is 32.2. The van der Waals surface area contributed by atoms with E-state index in [4.69, 9.17) is 13.9 Å². The first-order valence-electron chi connectivity index (χ1n) is 11.3. The molecule has 1 aliphatic carbocycles. The quantitative estimate of drug-likeness (QED) is 0.320. The Balaban J connectivity index is 1.39. The van der Waals surface area contributed by atoms with Gasteiger partial charge in [-0.15, -0.1) is 0 Å².